The van der Waals surface area contributed by atoms with Crippen LogP contribution in [-0.2, 0) is 0 Å². The van der Waals surface area contributed by atoms with Crippen molar-refractivity contribution in [1.29, 1.82) is 0 Å². The summed E-state index contributed by atoms with van der Waals surface area (Å²) in [5, 5.41) is 4.31. The first-order chi connectivity index (χ1) is 16.7. The molecule has 8 heteroatoms. The lowest BCUT2D eigenvalue weighted by molar-refractivity contribution is 0.209. The maximum absolute atomic E-state index is 6.52. The summed E-state index contributed by atoms with van der Waals surface area (Å²) in [6, 6.07) is 9.78. The van der Waals surface area contributed by atoms with Crippen LogP contribution in [0.3, 0.4) is 0 Å². The Balaban J connectivity index is 1.46. The highest BCUT2D eigenvalue weighted by Crippen LogP contribution is 2.39. The zero-order valence-corrected chi connectivity index (χ0v) is 21.1. The van der Waals surface area contributed by atoms with Crippen LogP contribution in [0.15, 0.2) is 41.1 Å². The zero-order valence-electron chi connectivity index (χ0n) is 19.6. The van der Waals surface area contributed by atoms with E-state index in [1.807, 2.05) is 30.3 Å². The Morgan fingerprint density at radius 3 is 2.65 bits per heavy atom. The van der Waals surface area contributed by atoms with Crippen LogP contribution in [-0.4, -0.2) is 54.3 Å². The third-order valence-electron chi connectivity index (χ3n) is 6.57. The zero-order chi connectivity index (χ0) is 23.3. The van der Waals surface area contributed by atoms with Crippen LogP contribution >= 0.6 is 15.9 Å². The quantitative estimate of drug-likeness (QED) is 0.369. The van der Waals surface area contributed by atoms with Crippen LogP contribution in [0.2, 0.25) is 0 Å². The van der Waals surface area contributed by atoms with Gasteiger partial charge in [-0.25, -0.2) is 9.97 Å². The Labute approximate surface area is 208 Å². The normalized spacial score (nSPS) is 16.8. The highest BCUT2D eigenvalue weighted by Gasteiger charge is 2.21. The van der Waals surface area contributed by atoms with Crippen LogP contribution in [0, 0.1) is 0 Å². The van der Waals surface area contributed by atoms with Gasteiger partial charge >= 0.3 is 0 Å². The fraction of sp³-hybridized carbons (Fsp3) is 0.462. The van der Waals surface area contributed by atoms with Crippen molar-refractivity contribution in [2.24, 2.45) is 0 Å². The lowest BCUT2D eigenvalue weighted by atomic mass is 10.2. The average molecular weight is 527 g/mol. The Bertz CT molecular complexity index is 1130. The monoisotopic (exact) mass is 526 g/mol. The molecule has 2 heterocycles. The summed E-state index contributed by atoms with van der Waals surface area (Å²) in [6.45, 7) is 3.93. The topological polar surface area (TPSA) is 68.7 Å². The first kappa shape index (κ1) is 23.2. The largest absolute Gasteiger partial charge is 0.497 e. The van der Waals surface area contributed by atoms with Crippen LogP contribution in [0.5, 0.6) is 17.2 Å². The fourth-order valence-electron chi connectivity index (χ4n) is 4.74. The van der Waals surface area contributed by atoms with Crippen LogP contribution in [0.25, 0.3) is 10.9 Å². The molecule has 1 N–H and O–H groups in total. The van der Waals surface area contributed by atoms with Gasteiger partial charge in [0.15, 0.2) is 0 Å². The van der Waals surface area contributed by atoms with Gasteiger partial charge in [0.2, 0.25) is 0 Å². The molecule has 0 amide bonds. The molecule has 0 bridgehead atoms. The number of methoxy groups -OCH3 is 1. The van der Waals surface area contributed by atoms with Crippen molar-refractivity contribution in [1.82, 2.24) is 14.9 Å². The van der Waals surface area contributed by atoms with E-state index >= 15 is 0 Å². The molecule has 0 unspecified atom stereocenters. The second-order valence-electron chi connectivity index (χ2n) is 8.93. The van der Waals surface area contributed by atoms with E-state index in [1.165, 1.54) is 38.8 Å². The van der Waals surface area contributed by atoms with Crippen molar-refractivity contribution in [3.8, 4) is 17.2 Å². The van der Waals surface area contributed by atoms with Gasteiger partial charge in [0, 0.05) is 29.2 Å². The SMILES string of the molecule is COc1ccc(Br)c(Nc2ncnc3cc(OCCN4CCCC4)cc(OC4CCCC4)c23)c1. The summed E-state index contributed by atoms with van der Waals surface area (Å²) in [4.78, 5) is 11.6. The summed E-state index contributed by atoms with van der Waals surface area (Å²) in [6.07, 6.45) is 8.89. The average Bonchev–Trinajstić information content (AvgIpc) is 3.55. The molecule has 7 nitrogen and oxygen atoms in total. The van der Waals surface area contributed by atoms with Gasteiger partial charge < -0.3 is 19.5 Å². The number of ether oxygens (including phenoxy) is 3. The summed E-state index contributed by atoms with van der Waals surface area (Å²) < 4.78 is 19.0. The summed E-state index contributed by atoms with van der Waals surface area (Å²) >= 11 is 3.62. The molecule has 0 atom stereocenters. The molecule has 1 aromatic heterocycles. The number of halogens is 1. The van der Waals surface area contributed by atoms with Gasteiger partial charge in [-0.1, -0.05) is 0 Å². The van der Waals surface area contributed by atoms with Gasteiger partial charge in [-0.05, 0) is 79.7 Å². The van der Waals surface area contributed by atoms with Crippen molar-refractivity contribution in [3.63, 3.8) is 0 Å². The van der Waals surface area contributed by atoms with E-state index < -0.39 is 0 Å². The fourth-order valence-corrected chi connectivity index (χ4v) is 5.09. The van der Waals surface area contributed by atoms with Gasteiger partial charge in [0.25, 0.3) is 0 Å². The van der Waals surface area contributed by atoms with Crippen molar-refractivity contribution in [2.75, 3.05) is 38.7 Å². The number of likely N-dealkylation sites (tertiary alicyclic amines) is 1. The molecule has 1 saturated carbocycles. The predicted molar refractivity (Wildman–Crippen MR) is 138 cm³/mol. The minimum Gasteiger partial charge on any atom is -0.497 e. The first-order valence-electron chi connectivity index (χ1n) is 12.1. The second-order valence-corrected chi connectivity index (χ2v) is 9.78. The third-order valence-corrected chi connectivity index (χ3v) is 7.26. The molecule has 34 heavy (non-hydrogen) atoms. The molecule has 5 rings (SSSR count). The highest BCUT2D eigenvalue weighted by molar-refractivity contribution is 9.10. The Kier molecular flexibility index (Phi) is 7.35. The molecule has 1 aliphatic carbocycles. The van der Waals surface area contributed by atoms with Crippen molar-refractivity contribution < 1.29 is 14.2 Å². The molecule has 1 saturated heterocycles. The lowest BCUT2D eigenvalue weighted by Crippen LogP contribution is -2.25. The Hall–Kier alpha value is -2.58. The maximum Gasteiger partial charge on any atom is 0.145 e. The predicted octanol–water partition coefficient (Wildman–Crippen LogP) is 5.94. The maximum atomic E-state index is 6.52. The second kappa shape index (κ2) is 10.8. The van der Waals surface area contributed by atoms with Crippen LogP contribution < -0.4 is 19.5 Å². The van der Waals surface area contributed by atoms with E-state index in [1.54, 1.807) is 13.4 Å². The van der Waals surface area contributed by atoms with E-state index in [2.05, 4.69) is 36.1 Å². The standard InChI is InChI=1S/C26H31BrN4O3/c1-32-19-8-9-21(27)22(14-19)30-26-25-23(28-17-29-26)15-20(33-13-12-31-10-4-5-11-31)16-24(25)34-18-6-2-3-7-18/h8-9,14-18H,2-7,10-13H2,1H3,(H,28,29,30). The highest BCUT2D eigenvalue weighted by atomic mass is 79.9. The molecule has 0 radical (unpaired) electrons. The number of fused-ring (bicyclic) bond motifs is 1. The van der Waals surface area contributed by atoms with Crippen molar-refractivity contribution >= 4 is 38.3 Å². The van der Waals surface area contributed by atoms with Gasteiger partial charge in [-0.3, -0.25) is 4.90 Å². The smallest absolute Gasteiger partial charge is 0.145 e. The molecular formula is C26H31BrN4O3. The van der Waals surface area contributed by atoms with Gasteiger partial charge in [0.05, 0.1) is 29.8 Å². The van der Waals surface area contributed by atoms with Crippen molar-refractivity contribution in [2.45, 2.75) is 44.6 Å². The van der Waals surface area contributed by atoms with Gasteiger partial charge in [0.1, 0.15) is 36.0 Å². The first-order valence-corrected chi connectivity index (χ1v) is 12.9. The number of nitrogens with one attached hydrogen (secondary N) is 1. The van der Waals surface area contributed by atoms with Crippen molar-refractivity contribution in [3.05, 3.63) is 41.1 Å². The van der Waals surface area contributed by atoms with Gasteiger partial charge in [-0.15, -0.1) is 0 Å². The number of nitrogens with zero attached hydrogens (tertiary/aromatic N) is 3. The molecule has 2 aromatic carbocycles. The van der Waals surface area contributed by atoms with E-state index in [0.29, 0.717) is 12.4 Å². The van der Waals surface area contributed by atoms with Crippen LogP contribution in [0.4, 0.5) is 11.5 Å². The molecule has 2 fully saturated rings. The molecule has 2 aliphatic rings. The molecular weight excluding hydrogens is 496 g/mol. The van der Waals surface area contributed by atoms with E-state index in [4.69, 9.17) is 14.2 Å². The summed E-state index contributed by atoms with van der Waals surface area (Å²) in [7, 11) is 1.66. The number of rotatable bonds is 9. The van der Waals surface area contributed by atoms with Crippen LogP contribution in [0.1, 0.15) is 38.5 Å². The molecule has 1 aliphatic heterocycles. The minimum atomic E-state index is 0.208. The number of hydrogen-bond donors (Lipinski definition) is 1. The molecule has 180 valence electrons. The van der Waals surface area contributed by atoms with E-state index in [-0.39, 0.29) is 6.10 Å². The van der Waals surface area contributed by atoms with E-state index in [0.717, 1.165) is 57.7 Å². The number of benzene rings is 2. The number of anilines is 2. The lowest BCUT2D eigenvalue weighted by Gasteiger charge is -2.19. The third kappa shape index (κ3) is 5.39. The molecule has 0 spiro atoms. The minimum absolute atomic E-state index is 0.208. The number of aromatic nitrogens is 2. The Morgan fingerprint density at radius 1 is 1.03 bits per heavy atom. The summed E-state index contributed by atoms with van der Waals surface area (Å²) in [5.74, 6) is 3.00. The molecule has 3 aromatic rings. The summed E-state index contributed by atoms with van der Waals surface area (Å²) in [5.41, 5.74) is 1.65. The number of hydrogen-bond acceptors (Lipinski definition) is 7. The van der Waals surface area contributed by atoms with Gasteiger partial charge in [-0.2, -0.15) is 0 Å². The van der Waals surface area contributed by atoms with E-state index in [9.17, 15) is 0 Å². The Morgan fingerprint density at radius 2 is 1.85 bits per heavy atom.